The maximum atomic E-state index is 12.4. The van der Waals surface area contributed by atoms with E-state index in [9.17, 15) is 13.6 Å². The van der Waals surface area contributed by atoms with E-state index in [1.807, 2.05) is 17.5 Å². The smallest absolute Gasteiger partial charge is 0.257 e. The number of amides is 1. The molecule has 1 heterocycles. The number of rotatable bonds is 5. The Balaban J connectivity index is 1.72. The minimum atomic E-state index is -2.20. The average molecular weight is 392 g/mol. The average Bonchev–Trinajstić information content (AvgIpc) is 3.09. The predicted octanol–water partition coefficient (Wildman–Crippen LogP) is 4.09. The Hall–Kier alpha value is -2.06. The van der Waals surface area contributed by atoms with Crippen LogP contribution in [0.4, 0.5) is 5.69 Å². The van der Waals surface area contributed by atoms with Gasteiger partial charge in [0.05, 0.1) is 21.8 Å². The number of aromatic nitrogens is 1. The molecule has 8 heteroatoms. The van der Waals surface area contributed by atoms with Crippen molar-refractivity contribution in [3.8, 4) is 11.3 Å². The third-order valence-electron chi connectivity index (χ3n) is 3.43. The van der Waals surface area contributed by atoms with Gasteiger partial charge in [0.1, 0.15) is 0 Å². The highest BCUT2D eigenvalue weighted by molar-refractivity contribution is 7.78. The Morgan fingerprint density at radius 3 is 2.60 bits per heavy atom. The van der Waals surface area contributed by atoms with E-state index in [0.717, 1.165) is 11.3 Å². The van der Waals surface area contributed by atoms with Gasteiger partial charge in [0.25, 0.3) is 5.91 Å². The van der Waals surface area contributed by atoms with Crippen LogP contribution in [0.3, 0.4) is 0 Å². The van der Waals surface area contributed by atoms with Gasteiger partial charge in [-0.1, -0.05) is 40.9 Å². The van der Waals surface area contributed by atoms with Crippen LogP contribution in [0.2, 0.25) is 5.02 Å². The standard InChI is InChI=1S/C17H13ClN2O3S2/c18-15-7-11(9-25(22)23)1-6-14(15)17(21)20-13-4-2-12(3-5-13)16-8-24-10-19-16/h1-8,10H,9H2,(H,20,21)(H,22,23)/p-1. The second-order valence-corrected chi connectivity index (χ2v) is 7.19. The Bertz CT molecular complexity index is 912. The Morgan fingerprint density at radius 2 is 2.00 bits per heavy atom. The molecule has 0 fully saturated rings. The van der Waals surface area contributed by atoms with Crippen LogP contribution in [0.25, 0.3) is 11.3 Å². The highest BCUT2D eigenvalue weighted by atomic mass is 35.5. The molecule has 0 saturated carbocycles. The number of carbonyl (C=O) groups is 1. The quantitative estimate of drug-likeness (QED) is 0.664. The van der Waals surface area contributed by atoms with Crippen LogP contribution in [0, 0.1) is 0 Å². The van der Waals surface area contributed by atoms with Crippen LogP contribution in [-0.2, 0) is 16.8 Å². The molecule has 3 rings (SSSR count). The predicted molar refractivity (Wildman–Crippen MR) is 99.6 cm³/mol. The first-order valence-corrected chi connectivity index (χ1v) is 9.73. The number of benzene rings is 2. The van der Waals surface area contributed by atoms with Gasteiger partial charge in [0.2, 0.25) is 0 Å². The summed E-state index contributed by atoms with van der Waals surface area (Å²) in [6.07, 6.45) is 0. The molecular weight excluding hydrogens is 380 g/mol. The summed E-state index contributed by atoms with van der Waals surface area (Å²) in [5.74, 6) is -0.499. The lowest BCUT2D eigenvalue weighted by molar-refractivity contribution is 0.102. The maximum absolute atomic E-state index is 12.4. The van der Waals surface area contributed by atoms with Crippen molar-refractivity contribution in [2.75, 3.05) is 5.32 Å². The van der Waals surface area contributed by atoms with Gasteiger partial charge >= 0.3 is 0 Å². The van der Waals surface area contributed by atoms with E-state index < -0.39 is 11.1 Å². The zero-order valence-electron chi connectivity index (χ0n) is 12.8. The van der Waals surface area contributed by atoms with Crippen LogP contribution >= 0.6 is 22.9 Å². The number of carbonyl (C=O) groups excluding carboxylic acids is 1. The molecular formula is C17H12ClN2O3S2-. The van der Waals surface area contributed by atoms with Crippen molar-refractivity contribution in [1.29, 1.82) is 0 Å². The van der Waals surface area contributed by atoms with Crippen molar-refractivity contribution >= 4 is 45.6 Å². The number of anilines is 1. The van der Waals surface area contributed by atoms with E-state index >= 15 is 0 Å². The summed E-state index contributed by atoms with van der Waals surface area (Å²) in [4.78, 5) is 16.6. The fourth-order valence-corrected chi connectivity index (χ4v) is 3.55. The highest BCUT2D eigenvalue weighted by Crippen LogP contribution is 2.23. The molecule has 1 amide bonds. The molecule has 2 aromatic carbocycles. The second-order valence-electron chi connectivity index (χ2n) is 5.17. The zero-order chi connectivity index (χ0) is 17.8. The molecule has 3 aromatic rings. The summed E-state index contributed by atoms with van der Waals surface area (Å²) < 4.78 is 21.5. The summed E-state index contributed by atoms with van der Waals surface area (Å²) in [7, 11) is 0. The van der Waals surface area contributed by atoms with Gasteiger partial charge in [-0.2, -0.15) is 0 Å². The van der Waals surface area contributed by atoms with Crippen molar-refractivity contribution in [1.82, 2.24) is 4.98 Å². The normalized spacial score (nSPS) is 11.9. The summed E-state index contributed by atoms with van der Waals surface area (Å²) in [6.45, 7) is 0. The molecule has 0 radical (unpaired) electrons. The van der Waals surface area contributed by atoms with Crippen LogP contribution in [-0.4, -0.2) is 19.7 Å². The van der Waals surface area contributed by atoms with E-state index in [-0.39, 0.29) is 22.2 Å². The Kier molecular flexibility index (Phi) is 5.60. The summed E-state index contributed by atoms with van der Waals surface area (Å²) in [6, 6.07) is 11.9. The first kappa shape index (κ1) is 17.8. The largest absolute Gasteiger partial charge is 0.772 e. The van der Waals surface area contributed by atoms with Crippen LogP contribution in [0.5, 0.6) is 0 Å². The first-order chi connectivity index (χ1) is 12.0. The van der Waals surface area contributed by atoms with Gasteiger partial charge in [-0.3, -0.25) is 9.00 Å². The topological polar surface area (TPSA) is 82.1 Å². The first-order valence-electron chi connectivity index (χ1n) is 7.17. The lowest BCUT2D eigenvalue weighted by Gasteiger charge is -2.10. The van der Waals surface area contributed by atoms with E-state index in [2.05, 4.69) is 10.3 Å². The van der Waals surface area contributed by atoms with Gasteiger partial charge in [-0.05, 0) is 29.8 Å². The van der Waals surface area contributed by atoms with Crippen molar-refractivity contribution < 1.29 is 13.6 Å². The van der Waals surface area contributed by atoms with Crippen LogP contribution < -0.4 is 5.32 Å². The Labute approximate surface area is 156 Å². The van der Waals surface area contributed by atoms with Gasteiger partial charge in [-0.15, -0.1) is 11.3 Å². The number of hydrogen-bond acceptors (Lipinski definition) is 5. The maximum Gasteiger partial charge on any atom is 0.257 e. The van der Waals surface area contributed by atoms with Crippen molar-refractivity contribution in [2.45, 2.75) is 5.75 Å². The number of halogens is 1. The molecule has 1 N–H and O–H groups in total. The monoisotopic (exact) mass is 391 g/mol. The molecule has 0 spiro atoms. The Morgan fingerprint density at radius 1 is 1.24 bits per heavy atom. The van der Waals surface area contributed by atoms with E-state index in [1.165, 1.54) is 23.5 Å². The van der Waals surface area contributed by atoms with E-state index in [0.29, 0.717) is 11.3 Å². The van der Waals surface area contributed by atoms with Gasteiger partial charge in [-0.25, -0.2) is 4.98 Å². The SMILES string of the molecule is O=C(Nc1ccc(-c2cscn2)cc1)c1ccc(CS(=O)[O-])cc1Cl. The molecule has 0 saturated heterocycles. The summed E-state index contributed by atoms with van der Waals surface area (Å²) in [5.41, 5.74) is 5.06. The molecule has 0 aliphatic heterocycles. The minimum Gasteiger partial charge on any atom is -0.772 e. The highest BCUT2D eigenvalue weighted by Gasteiger charge is 2.11. The van der Waals surface area contributed by atoms with Crippen molar-refractivity contribution in [2.24, 2.45) is 0 Å². The van der Waals surface area contributed by atoms with E-state index in [4.69, 9.17) is 11.6 Å². The molecule has 1 atom stereocenters. The number of nitrogens with one attached hydrogen (secondary N) is 1. The van der Waals surface area contributed by atoms with Gasteiger partial charge < -0.3 is 9.87 Å². The molecule has 0 bridgehead atoms. The third-order valence-corrected chi connectivity index (χ3v) is 4.90. The molecule has 128 valence electrons. The third kappa shape index (κ3) is 4.52. The van der Waals surface area contributed by atoms with Crippen LogP contribution in [0.15, 0.2) is 53.4 Å². The molecule has 0 aliphatic carbocycles. The lowest BCUT2D eigenvalue weighted by Crippen LogP contribution is -2.12. The fraction of sp³-hybridized carbons (Fsp3) is 0.0588. The van der Waals surface area contributed by atoms with E-state index in [1.54, 1.807) is 23.7 Å². The second kappa shape index (κ2) is 7.88. The van der Waals surface area contributed by atoms with Crippen LogP contribution in [0.1, 0.15) is 15.9 Å². The molecule has 0 aliphatic rings. The number of thiazole rings is 1. The summed E-state index contributed by atoms with van der Waals surface area (Å²) in [5, 5.41) is 4.93. The molecule has 25 heavy (non-hydrogen) atoms. The zero-order valence-corrected chi connectivity index (χ0v) is 15.2. The summed E-state index contributed by atoms with van der Waals surface area (Å²) >= 11 is 5.41. The fourth-order valence-electron chi connectivity index (χ4n) is 2.25. The minimum absolute atomic E-state index is 0.139. The number of hydrogen-bond donors (Lipinski definition) is 1. The van der Waals surface area contributed by atoms with Crippen molar-refractivity contribution in [3.05, 3.63) is 69.5 Å². The van der Waals surface area contributed by atoms with Gasteiger partial charge in [0.15, 0.2) is 0 Å². The van der Waals surface area contributed by atoms with Crippen molar-refractivity contribution in [3.63, 3.8) is 0 Å². The number of nitrogens with zero attached hydrogens (tertiary/aromatic N) is 1. The van der Waals surface area contributed by atoms with Gasteiger partial charge in [0, 0.05) is 22.4 Å². The molecule has 5 nitrogen and oxygen atoms in total. The molecule has 1 unspecified atom stereocenters. The lowest BCUT2D eigenvalue weighted by atomic mass is 10.1. The molecule has 1 aromatic heterocycles.